The Kier molecular flexibility index (Phi) is 6.63. The molecule has 0 bridgehead atoms. The van der Waals surface area contributed by atoms with E-state index in [2.05, 4.69) is 5.32 Å². The Bertz CT molecular complexity index is 718. The lowest BCUT2D eigenvalue weighted by molar-refractivity contribution is -0.141. The molecule has 24 heavy (non-hydrogen) atoms. The monoisotopic (exact) mass is 347 g/mol. The second kappa shape index (κ2) is 8.93. The molecule has 0 saturated heterocycles. The highest BCUT2D eigenvalue weighted by Gasteiger charge is 2.14. The molecule has 126 valence electrons. The molecule has 0 heterocycles. The van der Waals surface area contributed by atoms with E-state index in [4.69, 9.17) is 21.1 Å². The summed E-state index contributed by atoms with van der Waals surface area (Å²) in [5, 5.41) is 3.11. The minimum absolute atomic E-state index is 0.189. The van der Waals surface area contributed by atoms with Crippen LogP contribution in [0.15, 0.2) is 48.5 Å². The first kappa shape index (κ1) is 17.8. The molecule has 2 aromatic rings. The topological polar surface area (TPSA) is 64.6 Å². The van der Waals surface area contributed by atoms with Crippen LogP contribution < -0.4 is 10.1 Å². The molecule has 0 atom stereocenters. The van der Waals surface area contributed by atoms with Gasteiger partial charge in [-0.2, -0.15) is 0 Å². The van der Waals surface area contributed by atoms with Crippen molar-refractivity contribution in [2.75, 3.05) is 13.2 Å². The first-order valence-corrected chi connectivity index (χ1v) is 7.88. The lowest BCUT2D eigenvalue weighted by Gasteiger charge is -2.12. The standard InChI is InChI=1S/C18H18ClNO4/c1-2-23-17(21)11-20-18(22)14-8-4-6-10-16(14)24-12-13-7-3-5-9-15(13)19/h3-10H,2,11-12H2,1H3,(H,20,22). The highest BCUT2D eigenvalue weighted by Crippen LogP contribution is 2.21. The summed E-state index contributed by atoms with van der Waals surface area (Å²) >= 11 is 6.10. The van der Waals surface area contributed by atoms with E-state index in [1.807, 2.05) is 18.2 Å². The molecule has 0 radical (unpaired) electrons. The maximum absolute atomic E-state index is 12.2. The van der Waals surface area contributed by atoms with Crippen LogP contribution in [0, 0.1) is 0 Å². The van der Waals surface area contributed by atoms with E-state index < -0.39 is 11.9 Å². The molecule has 2 aromatic carbocycles. The van der Waals surface area contributed by atoms with E-state index in [0.29, 0.717) is 16.3 Å². The summed E-state index contributed by atoms with van der Waals surface area (Å²) in [6, 6.07) is 14.1. The van der Waals surface area contributed by atoms with Gasteiger partial charge in [0.05, 0.1) is 12.2 Å². The molecule has 0 aromatic heterocycles. The number of benzene rings is 2. The van der Waals surface area contributed by atoms with Crippen LogP contribution in [0.2, 0.25) is 5.02 Å². The van der Waals surface area contributed by atoms with Gasteiger partial charge in [-0.1, -0.05) is 41.9 Å². The van der Waals surface area contributed by atoms with Crippen LogP contribution >= 0.6 is 11.6 Å². The number of hydrogen-bond donors (Lipinski definition) is 1. The average Bonchev–Trinajstić information content (AvgIpc) is 2.59. The molecule has 2 rings (SSSR count). The average molecular weight is 348 g/mol. The predicted octanol–water partition coefficient (Wildman–Crippen LogP) is 3.21. The van der Waals surface area contributed by atoms with E-state index in [1.54, 1.807) is 37.3 Å². The first-order chi connectivity index (χ1) is 11.6. The number of nitrogens with one attached hydrogen (secondary N) is 1. The van der Waals surface area contributed by atoms with Crippen molar-refractivity contribution in [2.45, 2.75) is 13.5 Å². The van der Waals surface area contributed by atoms with Crippen molar-refractivity contribution in [3.8, 4) is 5.75 Å². The zero-order chi connectivity index (χ0) is 17.4. The van der Waals surface area contributed by atoms with Gasteiger partial charge < -0.3 is 14.8 Å². The lowest BCUT2D eigenvalue weighted by Crippen LogP contribution is -2.30. The normalized spacial score (nSPS) is 10.1. The third-order valence-corrected chi connectivity index (χ3v) is 3.54. The summed E-state index contributed by atoms with van der Waals surface area (Å²) < 4.78 is 10.5. The van der Waals surface area contributed by atoms with Crippen LogP contribution in [0.1, 0.15) is 22.8 Å². The molecule has 0 aliphatic carbocycles. The van der Waals surface area contributed by atoms with E-state index in [9.17, 15) is 9.59 Å². The molecule has 5 nitrogen and oxygen atoms in total. The van der Waals surface area contributed by atoms with E-state index in [1.165, 1.54) is 0 Å². The van der Waals surface area contributed by atoms with Crippen LogP contribution in [0.3, 0.4) is 0 Å². The van der Waals surface area contributed by atoms with Crippen LogP contribution in [0.4, 0.5) is 0 Å². The number of esters is 1. The van der Waals surface area contributed by atoms with Crippen molar-refractivity contribution in [1.29, 1.82) is 0 Å². The predicted molar refractivity (Wildman–Crippen MR) is 91.2 cm³/mol. The number of hydrogen-bond acceptors (Lipinski definition) is 4. The fourth-order valence-corrected chi connectivity index (χ4v) is 2.20. The fourth-order valence-electron chi connectivity index (χ4n) is 2.01. The van der Waals surface area contributed by atoms with Gasteiger partial charge in [-0.15, -0.1) is 0 Å². The summed E-state index contributed by atoms with van der Waals surface area (Å²) in [7, 11) is 0. The van der Waals surface area contributed by atoms with Crippen molar-refractivity contribution in [2.24, 2.45) is 0 Å². The summed E-state index contributed by atoms with van der Waals surface area (Å²) in [5.41, 5.74) is 1.16. The fraction of sp³-hybridized carbons (Fsp3) is 0.222. The molecule has 0 saturated carbocycles. The Hall–Kier alpha value is -2.53. The number of ether oxygens (including phenoxy) is 2. The van der Waals surface area contributed by atoms with Gasteiger partial charge >= 0.3 is 5.97 Å². The number of carbonyl (C=O) groups excluding carboxylic acids is 2. The first-order valence-electron chi connectivity index (χ1n) is 7.51. The second-order valence-corrected chi connectivity index (χ2v) is 5.27. The van der Waals surface area contributed by atoms with E-state index in [0.717, 1.165) is 5.56 Å². The van der Waals surface area contributed by atoms with Gasteiger partial charge in [0.15, 0.2) is 0 Å². The van der Waals surface area contributed by atoms with Crippen LogP contribution in [-0.2, 0) is 16.1 Å². The smallest absolute Gasteiger partial charge is 0.325 e. The molecule has 6 heteroatoms. The molecular formula is C18H18ClNO4. The van der Waals surface area contributed by atoms with Gasteiger partial charge in [-0.25, -0.2) is 0 Å². The Labute approximate surface area is 145 Å². The zero-order valence-corrected chi connectivity index (χ0v) is 14.0. The molecule has 0 unspecified atom stereocenters. The van der Waals surface area contributed by atoms with Crippen molar-refractivity contribution in [3.05, 3.63) is 64.7 Å². The number of carbonyl (C=O) groups is 2. The summed E-state index contributed by atoms with van der Waals surface area (Å²) in [6.07, 6.45) is 0. The van der Waals surface area contributed by atoms with Gasteiger partial charge in [0.25, 0.3) is 5.91 Å². The van der Waals surface area contributed by atoms with Gasteiger partial charge in [0.2, 0.25) is 0 Å². The van der Waals surface area contributed by atoms with Crippen molar-refractivity contribution < 1.29 is 19.1 Å². The molecule has 0 fully saturated rings. The molecule has 0 spiro atoms. The Balaban J connectivity index is 2.03. The number of rotatable bonds is 7. The van der Waals surface area contributed by atoms with Crippen LogP contribution in [0.5, 0.6) is 5.75 Å². The van der Waals surface area contributed by atoms with Crippen LogP contribution in [0.25, 0.3) is 0 Å². The number of amides is 1. The van der Waals surface area contributed by atoms with E-state index >= 15 is 0 Å². The lowest BCUT2D eigenvalue weighted by atomic mass is 10.2. The molecular weight excluding hydrogens is 330 g/mol. The van der Waals surface area contributed by atoms with Gasteiger partial charge in [0, 0.05) is 10.6 Å². The summed E-state index contributed by atoms with van der Waals surface area (Å²) in [6.45, 7) is 2.02. The van der Waals surface area contributed by atoms with Crippen molar-refractivity contribution in [3.63, 3.8) is 0 Å². The molecule has 0 aliphatic rings. The number of halogens is 1. The van der Waals surface area contributed by atoms with Gasteiger partial charge in [0.1, 0.15) is 18.9 Å². The second-order valence-electron chi connectivity index (χ2n) is 4.86. The Morgan fingerprint density at radius 2 is 1.79 bits per heavy atom. The van der Waals surface area contributed by atoms with Crippen molar-refractivity contribution >= 4 is 23.5 Å². The maximum atomic E-state index is 12.2. The Morgan fingerprint density at radius 3 is 2.54 bits per heavy atom. The third-order valence-electron chi connectivity index (χ3n) is 3.17. The summed E-state index contributed by atoms with van der Waals surface area (Å²) in [4.78, 5) is 23.6. The van der Waals surface area contributed by atoms with Gasteiger partial charge in [-0.05, 0) is 25.1 Å². The molecule has 1 amide bonds. The largest absolute Gasteiger partial charge is 0.488 e. The SMILES string of the molecule is CCOC(=O)CNC(=O)c1ccccc1OCc1ccccc1Cl. The van der Waals surface area contributed by atoms with Crippen LogP contribution in [-0.4, -0.2) is 25.0 Å². The van der Waals surface area contributed by atoms with E-state index in [-0.39, 0.29) is 19.8 Å². The zero-order valence-electron chi connectivity index (χ0n) is 13.3. The van der Waals surface area contributed by atoms with Crippen molar-refractivity contribution in [1.82, 2.24) is 5.32 Å². The minimum Gasteiger partial charge on any atom is -0.488 e. The third kappa shape index (κ3) is 4.99. The van der Waals surface area contributed by atoms with Gasteiger partial charge in [-0.3, -0.25) is 9.59 Å². The number of para-hydroxylation sites is 1. The molecule has 0 aliphatic heterocycles. The quantitative estimate of drug-likeness (QED) is 0.781. The highest BCUT2D eigenvalue weighted by atomic mass is 35.5. The summed E-state index contributed by atoms with van der Waals surface area (Å²) in [5.74, 6) is -0.475. The molecule has 1 N–H and O–H groups in total. The Morgan fingerprint density at radius 1 is 1.08 bits per heavy atom. The maximum Gasteiger partial charge on any atom is 0.325 e. The minimum atomic E-state index is -0.486. The highest BCUT2D eigenvalue weighted by molar-refractivity contribution is 6.31.